The molecule has 5 nitrogen and oxygen atoms in total. The molecule has 0 radical (unpaired) electrons. The van der Waals surface area contributed by atoms with Crippen LogP contribution in [0.1, 0.15) is 69.9 Å². The normalized spacial score (nSPS) is 23.2. The van der Waals surface area contributed by atoms with Crippen molar-refractivity contribution in [1.82, 2.24) is 14.7 Å². The largest absolute Gasteiger partial charge is 0.491 e. The zero-order valence-corrected chi connectivity index (χ0v) is 24.2. The van der Waals surface area contributed by atoms with Crippen molar-refractivity contribution in [3.8, 4) is 5.75 Å². The highest BCUT2D eigenvalue weighted by atomic mass is 19.2. The fraction of sp³-hybridized carbons (Fsp3) is 0.606. The monoisotopic (exact) mass is 553 g/mol. The van der Waals surface area contributed by atoms with E-state index in [-0.39, 0.29) is 17.4 Å². The standard InChI is InChI=1S/C33H45F2N3O2/c1-25(2)40-29-10-6-7-26(21-29)22-32(39)38-16-14-33(24-38,27-11-12-30(34)31(35)23-27)13-15-36-17-19-37(20-18-36)28-8-4-3-5-9-28/h6-7,10-12,21,23,25,28H,3-5,8-9,13-20,22,24H2,1-2H3/t33-/m1/s1. The van der Waals surface area contributed by atoms with E-state index in [1.807, 2.05) is 43.0 Å². The van der Waals surface area contributed by atoms with Crippen molar-refractivity contribution in [2.75, 3.05) is 45.8 Å². The lowest BCUT2D eigenvalue weighted by Crippen LogP contribution is -2.51. The van der Waals surface area contributed by atoms with Gasteiger partial charge in [0.2, 0.25) is 5.91 Å². The maximum absolute atomic E-state index is 14.4. The van der Waals surface area contributed by atoms with Gasteiger partial charge in [0, 0.05) is 50.7 Å². The van der Waals surface area contributed by atoms with Gasteiger partial charge in [0.15, 0.2) is 11.6 Å². The fourth-order valence-corrected chi connectivity index (χ4v) is 6.95. The van der Waals surface area contributed by atoms with Gasteiger partial charge in [0.25, 0.3) is 0 Å². The van der Waals surface area contributed by atoms with E-state index in [0.29, 0.717) is 19.5 Å². The van der Waals surface area contributed by atoms with E-state index >= 15 is 0 Å². The van der Waals surface area contributed by atoms with Gasteiger partial charge >= 0.3 is 0 Å². The first-order chi connectivity index (χ1) is 19.3. The Morgan fingerprint density at radius 3 is 2.48 bits per heavy atom. The van der Waals surface area contributed by atoms with E-state index in [2.05, 4.69) is 9.80 Å². The third-order valence-corrected chi connectivity index (χ3v) is 9.27. The highest BCUT2D eigenvalue weighted by Crippen LogP contribution is 2.39. The molecule has 1 saturated carbocycles. The molecule has 218 valence electrons. The first kappa shape index (κ1) is 29.0. The Labute approximate surface area is 238 Å². The summed E-state index contributed by atoms with van der Waals surface area (Å²) in [6.45, 7) is 10.3. The van der Waals surface area contributed by atoms with Gasteiger partial charge in [0.1, 0.15) is 5.75 Å². The molecule has 1 aliphatic carbocycles. The lowest BCUT2D eigenvalue weighted by atomic mass is 9.76. The molecule has 2 aliphatic heterocycles. The Bertz CT molecular complexity index is 1140. The molecule has 0 aromatic heterocycles. The molecule has 2 saturated heterocycles. The van der Waals surface area contributed by atoms with E-state index in [9.17, 15) is 13.6 Å². The number of carbonyl (C=O) groups excluding carboxylic acids is 1. The topological polar surface area (TPSA) is 36.0 Å². The van der Waals surface area contributed by atoms with Crippen LogP contribution >= 0.6 is 0 Å². The quantitative estimate of drug-likeness (QED) is 0.393. The van der Waals surface area contributed by atoms with Gasteiger partial charge in [-0.1, -0.05) is 37.5 Å². The molecule has 7 heteroatoms. The summed E-state index contributed by atoms with van der Waals surface area (Å²) in [4.78, 5) is 20.5. The average molecular weight is 554 g/mol. The predicted octanol–water partition coefficient (Wildman–Crippen LogP) is 5.81. The van der Waals surface area contributed by atoms with Gasteiger partial charge in [0.05, 0.1) is 12.5 Å². The van der Waals surface area contributed by atoms with E-state index in [1.165, 1.54) is 44.2 Å². The number of amides is 1. The van der Waals surface area contributed by atoms with E-state index in [1.54, 1.807) is 6.07 Å². The van der Waals surface area contributed by atoms with Crippen molar-refractivity contribution in [1.29, 1.82) is 0 Å². The number of likely N-dealkylation sites (tertiary alicyclic amines) is 1. The Hall–Kier alpha value is -2.51. The number of hydrogen-bond donors (Lipinski definition) is 0. The Morgan fingerprint density at radius 2 is 1.75 bits per heavy atom. The first-order valence-electron chi connectivity index (χ1n) is 15.3. The molecule has 2 aromatic carbocycles. The molecule has 3 fully saturated rings. The van der Waals surface area contributed by atoms with Gasteiger partial charge < -0.3 is 14.5 Å². The zero-order valence-electron chi connectivity index (χ0n) is 24.2. The predicted molar refractivity (Wildman–Crippen MR) is 155 cm³/mol. The lowest BCUT2D eigenvalue weighted by Gasteiger charge is -2.41. The second-order valence-electron chi connectivity index (χ2n) is 12.4. The third-order valence-electron chi connectivity index (χ3n) is 9.27. The van der Waals surface area contributed by atoms with Crippen LogP contribution in [-0.4, -0.2) is 78.6 Å². The van der Waals surface area contributed by atoms with Crippen molar-refractivity contribution in [3.63, 3.8) is 0 Å². The summed E-state index contributed by atoms with van der Waals surface area (Å²) >= 11 is 0. The van der Waals surface area contributed by atoms with Crippen LogP contribution in [0.5, 0.6) is 5.75 Å². The average Bonchev–Trinajstić information content (AvgIpc) is 3.40. The van der Waals surface area contributed by atoms with Gasteiger partial charge in [-0.3, -0.25) is 9.69 Å². The van der Waals surface area contributed by atoms with Crippen LogP contribution in [-0.2, 0) is 16.6 Å². The van der Waals surface area contributed by atoms with Crippen molar-refractivity contribution in [2.24, 2.45) is 0 Å². The molecule has 0 bridgehead atoms. The maximum atomic E-state index is 14.4. The number of hydrogen-bond acceptors (Lipinski definition) is 4. The fourth-order valence-electron chi connectivity index (χ4n) is 6.95. The summed E-state index contributed by atoms with van der Waals surface area (Å²) in [6, 6.07) is 12.8. The van der Waals surface area contributed by atoms with Crippen LogP contribution in [0.2, 0.25) is 0 Å². The Kier molecular flexibility index (Phi) is 9.41. The van der Waals surface area contributed by atoms with E-state index in [4.69, 9.17) is 4.74 Å². The number of ether oxygens (including phenoxy) is 1. The molecule has 0 unspecified atom stereocenters. The summed E-state index contributed by atoms with van der Waals surface area (Å²) in [7, 11) is 0. The Balaban J connectivity index is 1.24. The van der Waals surface area contributed by atoms with Crippen LogP contribution in [0, 0.1) is 11.6 Å². The molecular weight excluding hydrogens is 508 g/mol. The Morgan fingerprint density at radius 1 is 0.975 bits per heavy atom. The van der Waals surface area contributed by atoms with Crippen LogP contribution in [0.15, 0.2) is 42.5 Å². The second kappa shape index (κ2) is 13.0. The van der Waals surface area contributed by atoms with Crippen LogP contribution < -0.4 is 4.74 Å². The minimum atomic E-state index is -0.827. The summed E-state index contributed by atoms with van der Waals surface area (Å²) in [5.41, 5.74) is 1.34. The minimum absolute atomic E-state index is 0.0623. The smallest absolute Gasteiger partial charge is 0.227 e. The van der Waals surface area contributed by atoms with Crippen LogP contribution in [0.25, 0.3) is 0 Å². The molecule has 1 amide bonds. The molecule has 0 spiro atoms. The summed E-state index contributed by atoms with van der Waals surface area (Å²) in [5.74, 6) is -0.814. The number of nitrogens with zero attached hydrogens (tertiary/aromatic N) is 3. The maximum Gasteiger partial charge on any atom is 0.227 e. The molecule has 0 N–H and O–H groups in total. The van der Waals surface area contributed by atoms with Crippen molar-refractivity contribution in [2.45, 2.75) is 82.8 Å². The summed E-state index contributed by atoms with van der Waals surface area (Å²) in [6.07, 6.45) is 8.69. The number of halogens is 2. The molecule has 3 aliphatic rings. The second-order valence-corrected chi connectivity index (χ2v) is 12.4. The zero-order chi connectivity index (χ0) is 28.1. The molecule has 2 heterocycles. The summed E-state index contributed by atoms with van der Waals surface area (Å²) < 4.78 is 34.1. The van der Waals surface area contributed by atoms with E-state index in [0.717, 1.165) is 68.5 Å². The van der Waals surface area contributed by atoms with Gasteiger partial charge in [-0.2, -0.15) is 0 Å². The highest BCUT2D eigenvalue weighted by Gasteiger charge is 2.42. The molecule has 2 aromatic rings. The van der Waals surface area contributed by atoms with Crippen LogP contribution in [0.4, 0.5) is 8.78 Å². The molecule has 40 heavy (non-hydrogen) atoms. The van der Waals surface area contributed by atoms with E-state index < -0.39 is 11.6 Å². The molecular formula is C33H45F2N3O2. The van der Waals surface area contributed by atoms with Gasteiger partial charge in [-0.05, 0) is 81.5 Å². The third kappa shape index (κ3) is 7.03. The van der Waals surface area contributed by atoms with Gasteiger partial charge in [-0.15, -0.1) is 0 Å². The first-order valence-corrected chi connectivity index (χ1v) is 15.3. The SMILES string of the molecule is CC(C)Oc1cccc(CC(=O)N2CC[C@@](CCN3CCN(C4CCCCC4)CC3)(c3ccc(F)c(F)c3)C2)c1. The molecule has 5 rings (SSSR count). The van der Waals surface area contributed by atoms with Crippen LogP contribution in [0.3, 0.4) is 0 Å². The number of piperazine rings is 1. The highest BCUT2D eigenvalue weighted by molar-refractivity contribution is 5.79. The van der Waals surface area contributed by atoms with Crippen molar-refractivity contribution < 1.29 is 18.3 Å². The minimum Gasteiger partial charge on any atom is -0.491 e. The molecule has 1 atom stereocenters. The number of benzene rings is 2. The lowest BCUT2D eigenvalue weighted by molar-refractivity contribution is -0.129. The van der Waals surface area contributed by atoms with Crippen molar-refractivity contribution in [3.05, 3.63) is 65.2 Å². The van der Waals surface area contributed by atoms with Crippen molar-refractivity contribution >= 4 is 5.91 Å². The van der Waals surface area contributed by atoms with Gasteiger partial charge in [-0.25, -0.2) is 8.78 Å². The number of rotatable bonds is 9. The number of carbonyl (C=O) groups is 1. The summed E-state index contributed by atoms with van der Waals surface area (Å²) in [5, 5.41) is 0.